The van der Waals surface area contributed by atoms with Crippen molar-refractivity contribution in [3.05, 3.63) is 87.4 Å². The molecule has 5 nitrogen and oxygen atoms in total. The highest BCUT2D eigenvalue weighted by atomic mass is 35.5. The van der Waals surface area contributed by atoms with Gasteiger partial charge in [0.25, 0.3) is 15.9 Å². The van der Waals surface area contributed by atoms with E-state index in [1.54, 1.807) is 25.1 Å². The largest absolute Gasteiger partial charge is 0.322 e. The van der Waals surface area contributed by atoms with Gasteiger partial charge in [-0.25, -0.2) is 8.42 Å². The Morgan fingerprint density at radius 1 is 0.867 bits per heavy atom. The molecule has 0 atom stereocenters. The van der Waals surface area contributed by atoms with Crippen LogP contribution in [0.5, 0.6) is 0 Å². The van der Waals surface area contributed by atoms with E-state index in [2.05, 4.69) is 10.0 Å². The first-order valence-electron chi connectivity index (χ1n) is 9.35. The number of para-hydroxylation sites is 1. The predicted octanol–water partition coefficient (Wildman–Crippen LogP) is 5.63. The minimum atomic E-state index is -3.98. The van der Waals surface area contributed by atoms with Crippen LogP contribution in [0.1, 0.15) is 32.6 Å². The lowest BCUT2D eigenvalue weighted by Crippen LogP contribution is -2.17. The van der Waals surface area contributed by atoms with E-state index in [9.17, 15) is 13.2 Å². The summed E-state index contributed by atoms with van der Waals surface area (Å²) < 4.78 is 28.4. The number of benzene rings is 3. The normalized spacial score (nSPS) is 11.2. The molecule has 0 aliphatic heterocycles. The summed E-state index contributed by atoms with van der Waals surface area (Å²) in [7, 11) is -3.98. The molecule has 0 spiro atoms. The lowest BCUT2D eigenvalue weighted by atomic mass is 10.0. The first-order chi connectivity index (χ1) is 14.1. The van der Waals surface area contributed by atoms with Crippen molar-refractivity contribution in [1.82, 2.24) is 0 Å². The van der Waals surface area contributed by atoms with Gasteiger partial charge in [-0.05, 0) is 68.7 Å². The van der Waals surface area contributed by atoms with Crippen molar-refractivity contribution in [1.29, 1.82) is 0 Å². The van der Waals surface area contributed by atoms with E-state index in [-0.39, 0.29) is 15.5 Å². The lowest BCUT2D eigenvalue weighted by molar-refractivity contribution is 0.102. The summed E-state index contributed by atoms with van der Waals surface area (Å²) in [4.78, 5) is 12.7. The minimum Gasteiger partial charge on any atom is -0.322 e. The maximum absolute atomic E-state index is 12.9. The van der Waals surface area contributed by atoms with E-state index in [1.807, 2.05) is 39.0 Å². The van der Waals surface area contributed by atoms with Crippen LogP contribution in [0, 0.1) is 27.7 Å². The molecule has 0 bridgehead atoms. The molecule has 0 aliphatic rings. The molecule has 0 unspecified atom stereocenters. The molecule has 3 aromatic rings. The van der Waals surface area contributed by atoms with Gasteiger partial charge in [0.15, 0.2) is 0 Å². The van der Waals surface area contributed by atoms with Crippen LogP contribution in [0.4, 0.5) is 11.4 Å². The first-order valence-corrected chi connectivity index (χ1v) is 11.2. The Hall–Kier alpha value is -2.83. The van der Waals surface area contributed by atoms with Crippen LogP contribution in [0.25, 0.3) is 0 Å². The Balaban J connectivity index is 1.93. The van der Waals surface area contributed by atoms with Crippen LogP contribution in [0.3, 0.4) is 0 Å². The van der Waals surface area contributed by atoms with Crippen molar-refractivity contribution in [3.8, 4) is 0 Å². The van der Waals surface area contributed by atoms with E-state index >= 15 is 0 Å². The number of amides is 1. The fourth-order valence-electron chi connectivity index (χ4n) is 3.30. The Morgan fingerprint density at radius 2 is 1.50 bits per heavy atom. The van der Waals surface area contributed by atoms with Crippen molar-refractivity contribution < 1.29 is 13.2 Å². The highest BCUT2D eigenvalue weighted by molar-refractivity contribution is 7.92. The second-order valence-corrected chi connectivity index (χ2v) is 9.35. The highest BCUT2D eigenvalue weighted by Gasteiger charge is 2.21. The fourth-order valence-corrected chi connectivity index (χ4v) is 4.96. The molecule has 2 N–H and O–H groups in total. The monoisotopic (exact) mass is 442 g/mol. The van der Waals surface area contributed by atoms with Crippen molar-refractivity contribution >= 4 is 38.9 Å². The van der Waals surface area contributed by atoms with Gasteiger partial charge in [-0.1, -0.05) is 47.5 Å². The highest BCUT2D eigenvalue weighted by Crippen LogP contribution is 2.27. The molecule has 30 heavy (non-hydrogen) atoms. The minimum absolute atomic E-state index is 0.0373. The summed E-state index contributed by atoms with van der Waals surface area (Å²) in [6, 6.07) is 15.2. The third-order valence-electron chi connectivity index (χ3n) is 4.79. The Morgan fingerprint density at radius 3 is 2.13 bits per heavy atom. The van der Waals surface area contributed by atoms with Gasteiger partial charge in [0, 0.05) is 11.3 Å². The number of anilines is 2. The van der Waals surface area contributed by atoms with E-state index in [1.165, 1.54) is 18.2 Å². The van der Waals surface area contributed by atoms with Crippen LogP contribution >= 0.6 is 11.6 Å². The molecule has 156 valence electrons. The number of hydrogen-bond donors (Lipinski definition) is 2. The number of halogens is 1. The van der Waals surface area contributed by atoms with Crippen molar-refractivity contribution in [3.63, 3.8) is 0 Å². The Bertz CT molecular complexity index is 1210. The van der Waals surface area contributed by atoms with E-state index in [0.29, 0.717) is 11.4 Å². The van der Waals surface area contributed by atoms with Gasteiger partial charge in [0.2, 0.25) is 0 Å². The maximum Gasteiger partial charge on any atom is 0.263 e. The third-order valence-corrected chi connectivity index (χ3v) is 6.63. The van der Waals surface area contributed by atoms with Crippen LogP contribution in [0.15, 0.2) is 59.5 Å². The summed E-state index contributed by atoms with van der Waals surface area (Å²) in [6.07, 6.45) is 0. The molecule has 3 rings (SSSR count). The third kappa shape index (κ3) is 4.66. The number of carbonyl (C=O) groups is 1. The van der Waals surface area contributed by atoms with Gasteiger partial charge >= 0.3 is 0 Å². The van der Waals surface area contributed by atoms with Gasteiger partial charge in [0.05, 0.1) is 10.7 Å². The van der Waals surface area contributed by atoms with Gasteiger partial charge in [-0.3, -0.25) is 9.52 Å². The summed E-state index contributed by atoms with van der Waals surface area (Å²) in [5.74, 6) is -0.408. The van der Waals surface area contributed by atoms with Gasteiger partial charge < -0.3 is 5.32 Å². The fraction of sp³-hybridized carbons (Fsp3) is 0.174. The number of nitrogens with one attached hydrogen (secondary N) is 2. The average molecular weight is 443 g/mol. The standard InChI is InChI=1S/C23H23ClN2O3S/c1-14-11-16(3)22(17(4)12-14)25-23(27)18-9-10-19(24)21(13-18)30(28,29)26-20-8-6-5-7-15(20)2/h5-13,26H,1-4H3,(H,25,27). The molecule has 7 heteroatoms. The lowest BCUT2D eigenvalue weighted by Gasteiger charge is -2.15. The zero-order chi connectivity index (χ0) is 22.1. The summed E-state index contributed by atoms with van der Waals surface area (Å²) in [6.45, 7) is 7.62. The SMILES string of the molecule is Cc1cc(C)c(NC(=O)c2ccc(Cl)c(S(=O)(=O)Nc3ccccc3C)c2)c(C)c1. The maximum atomic E-state index is 12.9. The smallest absolute Gasteiger partial charge is 0.263 e. The summed E-state index contributed by atoms with van der Waals surface area (Å²) in [5.41, 5.74) is 5.11. The quantitative estimate of drug-likeness (QED) is 0.537. The number of rotatable bonds is 5. The van der Waals surface area contributed by atoms with Crippen molar-refractivity contribution in [2.45, 2.75) is 32.6 Å². The molecule has 0 heterocycles. The molecule has 0 fully saturated rings. The van der Waals surface area contributed by atoms with Crippen molar-refractivity contribution in [2.24, 2.45) is 0 Å². The van der Waals surface area contributed by atoms with Crippen molar-refractivity contribution in [2.75, 3.05) is 10.0 Å². The zero-order valence-corrected chi connectivity index (χ0v) is 18.8. The Kier molecular flexibility index (Phi) is 6.19. The number of carbonyl (C=O) groups excluding carboxylic acids is 1. The molecular formula is C23H23ClN2O3S. The van der Waals surface area contributed by atoms with E-state index in [4.69, 9.17) is 11.6 Å². The first kappa shape index (κ1) is 21.9. The average Bonchev–Trinajstić information content (AvgIpc) is 2.66. The molecule has 0 aliphatic carbocycles. The van der Waals surface area contributed by atoms with Crippen LogP contribution in [0.2, 0.25) is 5.02 Å². The van der Waals surface area contributed by atoms with Gasteiger partial charge in [-0.15, -0.1) is 0 Å². The predicted molar refractivity (Wildman–Crippen MR) is 122 cm³/mol. The summed E-state index contributed by atoms with van der Waals surface area (Å²) >= 11 is 6.17. The zero-order valence-electron chi connectivity index (χ0n) is 17.2. The van der Waals surface area contributed by atoms with E-state index < -0.39 is 15.9 Å². The van der Waals surface area contributed by atoms with Gasteiger partial charge in [0.1, 0.15) is 4.90 Å². The van der Waals surface area contributed by atoms with E-state index in [0.717, 1.165) is 22.3 Å². The second kappa shape index (κ2) is 8.50. The number of sulfonamides is 1. The molecule has 0 saturated heterocycles. The molecule has 1 amide bonds. The van der Waals surface area contributed by atoms with Crippen LogP contribution < -0.4 is 10.0 Å². The molecular weight excluding hydrogens is 420 g/mol. The number of hydrogen-bond acceptors (Lipinski definition) is 3. The van der Waals surface area contributed by atoms with Gasteiger partial charge in [-0.2, -0.15) is 0 Å². The van der Waals surface area contributed by atoms with Crippen LogP contribution in [-0.4, -0.2) is 14.3 Å². The topological polar surface area (TPSA) is 75.3 Å². The molecule has 0 radical (unpaired) electrons. The summed E-state index contributed by atoms with van der Waals surface area (Å²) in [5, 5.41) is 2.92. The Labute approximate surface area is 182 Å². The number of aryl methyl sites for hydroxylation is 4. The second-order valence-electron chi connectivity index (χ2n) is 7.29. The molecule has 0 aromatic heterocycles. The van der Waals surface area contributed by atoms with Crippen LogP contribution in [-0.2, 0) is 10.0 Å². The molecule has 0 saturated carbocycles. The molecule has 3 aromatic carbocycles.